The first-order valence-electron chi connectivity index (χ1n) is 4.64. The minimum Gasteiger partial charge on any atom is -0.396 e. The van der Waals surface area contributed by atoms with Crippen LogP contribution < -0.4 is 5.32 Å². The number of aliphatic hydroxyl groups is 2. The quantitative estimate of drug-likeness (QED) is 0.397. The van der Waals surface area contributed by atoms with Gasteiger partial charge in [-0.15, -0.1) is 0 Å². The molecular formula is C9H21NO2. The Hall–Kier alpha value is -0.120. The molecule has 0 aliphatic heterocycles. The minimum atomic E-state index is -0.753. The zero-order valence-electron chi connectivity index (χ0n) is 8.14. The Balaban J connectivity index is 3.01. The zero-order chi connectivity index (χ0) is 9.45. The number of aliphatic hydroxyl groups excluding tert-OH is 1. The number of hydrogen-bond donors (Lipinski definition) is 3. The standard InChI is InChI=1S/C9H21NO2/c1-9(2,12)10-7-5-3-4-6-8-11/h10-12H,3-8H2,1-2H3. The van der Waals surface area contributed by atoms with Crippen LogP contribution in [-0.4, -0.2) is 29.1 Å². The van der Waals surface area contributed by atoms with Crippen LogP contribution in [0.1, 0.15) is 39.5 Å². The first kappa shape index (κ1) is 11.9. The van der Waals surface area contributed by atoms with Gasteiger partial charge in [-0.1, -0.05) is 12.8 Å². The predicted molar refractivity (Wildman–Crippen MR) is 49.9 cm³/mol. The Morgan fingerprint density at radius 3 is 2.17 bits per heavy atom. The Kier molecular flexibility index (Phi) is 6.34. The van der Waals surface area contributed by atoms with Crippen molar-refractivity contribution < 1.29 is 10.2 Å². The van der Waals surface area contributed by atoms with Crippen molar-refractivity contribution >= 4 is 0 Å². The highest BCUT2D eigenvalue weighted by molar-refractivity contribution is 4.61. The van der Waals surface area contributed by atoms with Crippen LogP contribution in [0.4, 0.5) is 0 Å². The number of unbranched alkanes of at least 4 members (excludes halogenated alkanes) is 3. The summed E-state index contributed by atoms with van der Waals surface area (Å²) in [6.07, 6.45) is 4.14. The van der Waals surface area contributed by atoms with Gasteiger partial charge in [-0.3, -0.25) is 5.32 Å². The van der Waals surface area contributed by atoms with Crippen LogP contribution in [0.25, 0.3) is 0 Å². The van der Waals surface area contributed by atoms with Crippen molar-refractivity contribution in [2.45, 2.75) is 45.3 Å². The molecule has 0 saturated carbocycles. The molecule has 0 aromatic carbocycles. The highest BCUT2D eigenvalue weighted by Crippen LogP contribution is 2.00. The van der Waals surface area contributed by atoms with Crippen LogP contribution in [0.5, 0.6) is 0 Å². The summed E-state index contributed by atoms with van der Waals surface area (Å²) in [4.78, 5) is 0. The summed E-state index contributed by atoms with van der Waals surface area (Å²) in [6.45, 7) is 4.61. The Morgan fingerprint density at radius 1 is 1.08 bits per heavy atom. The molecule has 12 heavy (non-hydrogen) atoms. The van der Waals surface area contributed by atoms with Gasteiger partial charge >= 0.3 is 0 Å². The van der Waals surface area contributed by atoms with Crippen molar-refractivity contribution in [3.63, 3.8) is 0 Å². The number of hydrogen-bond acceptors (Lipinski definition) is 3. The van der Waals surface area contributed by atoms with E-state index in [1.54, 1.807) is 13.8 Å². The van der Waals surface area contributed by atoms with Gasteiger partial charge in [0.05, 0.1) is 0 Å². The summed E-state index contributed by atoms with van der Waals surface area (Å²) in [5.41, 5.74) is -0.753. The lowest BCUT2D eigenvalue weighted by Gasteiger charge is -2.18. The average molecular weight is 175 g/mol. The first-order valence-corrected chi connectivity index (χ1v) is 4.64. The van der Waals surface area contributed by atoms with Crippen LogP contribution in [0.3, 0.4) is 0 Å². The maximum atomic E-state index is 9.27. The molecule has 0 fully saturated rings. The summed E-state index contributed by atoms with van der Waals surface area (Å²) < 4.78 is 0. The second-order valence-corrected chi connectivity index (χ2v) is 3.62. The molecule has 0 amide bonds. The topological polar surface area (TPSA) is 52.5 Å². The number of nitrogens with one attached hydrogen (secondary N) is 1. The molecule has 0 spiro atoms. The monoisotopic (exact) mass is 175 g/mol. The van der Waals surface area contributed by atoms with E-state index in [-0.39, 0.29) is 0 Å². The maximum Gasteiger partial charge on any atom is 0.110 e. The third-order valence-corrected chi connectivity index (χ3v) is 1.64. The SMILES string of the molecule is CC(C)(O)NCCCCCCO. The molecule has 0 aliphatic carbocycles. The molecule has 0 aromatic rings. The predicted octanol–water partition coefficient (Wildman–Crippen LogP) is 0.857. The minimum absolute atomic E-state index is 0.291. The van der Waals surface area contributed by atoms with Crippen LogP contribution >= 0.6 is 0 Å². The fourth-order valence-corrected chi connectivity index (χ4v) is 0.985. The van der Waals surface area contributed by atoms with E-state index in [1.165, 1.54) is 0 Å². The molecule has 0 rings (SSSR count). The Morgan fingerprint density at radius 2 is 1.67 bits per heavy atom. The van der Waals surface area contributed by atoms with Gasteiger partial charge in [0.2, 0.25) is 0 Å². The van der Waals surface area contributed by atoms with Crippen molar-refractivity contribution in [2.75, 3.05) is 13.2 Å². The van der Waals surface area contributed by atoms with Gasteiger partial charge < -0.3 is 10.2 Å². The van der Waals surface area contributed by atoms with Gasteiger partial charge in [-0.25, -0.2) is 0 Å². The molecule has 0 radical (unpaired) electrons. The molecule has 3 N–H and O–H groups in total. The molecule has 0 unspecified atom stereocenters. The lowest BCUT2D eigenvalue weighted by atomic mass is 10.2. The van der Waals surface area contributed by atoms with Gasteiger partial charge in [0.1, 0.15) is 5.72 Å². The van der Waals surface area contributed by atoms with Crippen LogP contribution in [0.2, 0.25) is 0 Å². The molecule has 0 aromatic heterocycles. The summed E-state index contributed by atoms with van der Waals surface area (Å²) in [7, 11) is 0. The molecule has 0 aliphatic rings. The molecule has 0 atom stereocenters. The van der Waals surface area contributed by atoms with Gasteiger partial charge in [0.15, 0.2) is 0 Å². The van der Waals surface area contributed by atoms with Crippen LogP contribution in [-0.2, 0) is 0 Å². The fraction of sp³-hybridized carbons (Fsp3) is 1.00. The highest BCUT2D eigenvalue weighted by atomic mass is 16.3. The van der Waals surface area contributed by atoms with E-state index in [0.717, 1.165) is 32.2 Å². The maximum absolute atomic E-state index is 9.27. The summed E-state index contributed by atoms with van der Waals surface area (Å²) in [5, 5.41) is 20.8. The van der Waals surface area contributed by atoms with Crippen molar-refractivity contribution in [3.8, 4) is 0 Å². The van der Waals surface area contributed by atoms with Gasteiger partial charge in [-0.05, 0) is 33.2 Å². The molecule has 0 saturated heterocycles. The van der Waals surface area contributed by atoms with E-state index < -0.39 is 5.72 Å². The second kappa shape index (κ2) is 6.40. The first-order chi connectivity index (χ1) is 5.56. The molecule has 3 heteroatoms. The summed E-state index contributed by atoms with van der Waals surface area (Å²) in [6, 6.07) is 0. The molecule has 3 nitrogen and oxygen atoms in total. The van der Waals surface area contributed by atoms with Crippen molar-refractivity contribution in [1.29, 1.82) is 0 Å². The van der Waals surface area contributed by atoms with E-state index in [9.17, 15) is 5.11 Å². The highest BCUT2D eigenvalue weighted by Gasteiger charge is 2.08. The lowest BCUT2D eigenvalue weighted by Crippen LogP contribution is -2.39. The van der Waals surface area contributed by atoms with E-state index in [2.05, 4.69) is 5.32 Å². The molecule has 0 heterocycles. The van der Waals surface area contributed by atoms with Gasteiger partial charge in [-0.2, -0.15) is 0 Å². The van der Waals surface area contributed by atoms with Gasteiger partial charge in [0, 0.05) is 6.61 Å². The number of rotatable bonds is 7. The van der Waals surface area contributed by atoms with E-state index in [4.69, 9.17) is 5.11 Å². The van der Waals surface area contributed by atoms with Crippen LogP contribution in [0, 0.1) is 0 Å². The largest absolute Gasteiger partial charge is 0.396 e. The van der Waals surface area contributed by atoms with Crippen molar-refractivity contribution in [3.05, 3.63) is 0 Å². The average Bonchev–Trinajstić information content (AvgIpc) is 1.94. The second-order valence-electron chi connectivity index (χ2n) is 3.62. The molecule has 0 bridgehead atoms. The summed E-state index contributed by atoms with van der Waals surface area (Å²) >= 11 is 0. The Bertz CT molecular complexity index is 99.2. The smallest absolute Gasteiger partial charge is 0.110 e. The third kappa shape index (κ3) is 9.88. The zero-order valence-corrected chi connectivity index (χ0v) is 8.14. The van der Waals surface area contributed by atoms with E-state index >= 15 is 0 Å². The molecule has 74 valence electrons. The lowest BCUT2D eigenvalue weighted by molar-refractivity contribution is 0.0435. The van der Waals surface area contributed by atoms with Crippen molar-refractivity contribution in [1.82, 2.24) is 5.32 Å². The van der Waals surface area contributed by atoms with E-state index in [0.29, 0.717) is 6.61 Å². The summed E-state index contributed by atoms with van der Waals surface area (Å²) in [5.74, 6) is 0. The van der Waals surface area contributed by atoms with Gasteiger partial charge in [0.25, 0.3) is 0 Å². The molecular weight excluding hydrogens is 154 g/mol. The van der Waals surface area contributed by atoms with Crippen LogP contribution in [0.15, 0.2) is 0 Å². The van der Waals surface area contributed by atoms with Crippen molar-refractivity contribution in [2.24, 2.45) is 0 Å². The fourth-order valence-electron chi connectivity index (χ4n) is 0.985. The Labute approximate surface area is 74.8 Å². The third-order valence-electron chi connectivity index (χ3n) is 1.64. The van der Waals surface area contributed by atoms with E-state index in [1.807, 2.05) is 0 Å². The normalized spacial score (nSPS) is 12.0.